The van der Waals surface area contributed by atoms with E-state index in [0.717, 1.165) is 18.4 Å². The second-order valence-corrected chi connectivity index (χ2v) is 4.49. The Hall–Kier alpha value is -1.36. The van der Waals surface area contributed by atoms with Crippen LogP contribution in [0.4, 0.5) is 0 Å². The van der Waals surface area contributed by atoms with Crippen LogP contribution in [0.2, 0.25) is 0 Å². The molecular formula is C13H23N3O2. The maximum atomic E-state index is 5.25. The van der Waals surface area contributed by atoms with Crippen molar-refractivity contribution < 1.29 is 9.47 Å². The van der Waals surface area contributed by atoms with Crippen LogP contribution < -0.4 is 14.8 Å². The van der Waals surface area contributed by atoms with Crippen LogP contribution >= 0.6 is 0 Å². The summed E-state index contributed by atoms with van der Waals surface area (Å²) in [4.78, 5) is 8.21. The van der Waals surface area contributed by atoms with Gasteiger partial charge in [-0.25, -0.2) is 9.97 Å². The van der Waals surface area contributed by atoms with Gasteiger partial charge in [-0.2, -0.15) is 0 Å². The third kappa shape index (κ3) is 3.32. The molecule has 102 valence electrons. The summed E-state index contributed by atoms with van der Waals surface area (Å²) in [7, 11) is 3.20. The van der Waals surface area contributed by atoms with Gasteiger partial charge in [0, 0.05) is 12.1 Å². The molecule has 0 aliphatic heterocycles. The molecule has 5 nitrogen and oxygen atoms in total. The van der Waals surface area contributed by atoms with Crippen molar-refractivity contribution >= 4 is 0 Å². The number of nitrogens with one attached hydrogen (secondary N) is 1. The van der Waals surface area contributed by atoms with Crippen molar-refractivity contribution in [3.63, 3.8) is 0 Å². The van der Waals surface area contributed by atoms with Crippen molar-refractivity contribution in [2.45, 2.75) is 45.7 Å². The Kier molecular flexibility index (Phi) is 5.34. The highest BCUT2D eigenvalue weighted by molar-refractivity contribution is 5.34. The van der Waals surface area contributed by atoms with E-state index in [2.05, 4.69) is 36.1 Å². The van der Waals surface area contributed by atoms with E-state index < -0.39 is 0 Å². The molecule has 0 amide bonds. The molecular weight excluding hydrogens is 230 g/mol. The quantitative estimate of drug-likeness (QED) is 0.807. The average molecular weight is 253 g/mol. The van der Waals surface area contributed by atoms with Crippen molar-refractivity contribution in [3.8, 4) is 11.8 Å². The van der Waals surface area contributed by atoms with Crippen molar-refractivity contribution in [1.29, 1.82) is 0 Å². The van der Waals surface area contributed by atoms with E-state index in [1.54, 1.807) is 14.2 Å². The Morgan fingerprint density at radius 1 is 1.11 bits per heavy atom. The summed E-state index contributed by atoms with van der Waals surface area (Å²) in [5.41, 5.74) is 0.960. The van der Waals surface area contributed by atoms with Gasteiger partial charge in [-0.05, 0) is 19.8 Å². The van der Waals surface area contributed by atoms with Crippen LogP contribution in [0.15, 0.2) is 6.33 Å². The maximum absolute atomic E-state index is 5.25. The van der Waals surface area contributed by atoms with Crippen molar-refractivity contribution in [2.75, 3.05) is 14.2 Å². The first-order valence-corrected chi connectivity index (χ1v) is 6.27. The zero-order valence-electron chi connectivity index (χ0n) is 11.9. The van der Waals surface area contributed by atoms with E-state index >= 15 is 0 Å². The summed E-state index contributed by atoms with van der Waals surface area (Å²) in [5, 5.41) is 3.52. The SMILES string of the molecule is CCC(C)(CC)NCc1c(OC)ncnc1OC. The van der Waals surface area contributed by atoms with Crippen LogP contribution in [-0.4, -0.2) is 29.7 Å². The summed E-state index contributed by atoms with van der Waals surface area (Å²) in [5.74, 6) is 1.12. The van der Waals surface area contributed by atoms with Gasteiger partial charge < -0.3 is 14.8 Å². The lowest BCUT2D eigenvalue weighted by molar-refractivity contribution is 0.313. The van der Waals surface area contributed by atoms with Crippen molar-refractivity contribution in [1.82, 2.24) is 15.3 Å². The molecule has 0 bridgehead atoms. The second kappa shape index (κ2) is 6.54. The van der Waals surface area contributed by atoms with Gasteiger partial charge in [0.1, 0.15) is 6.33 Å². The lowest BCUT2D eigenvalue weighted by atomic mass is 9.95. The number of nitrogens with zero attached hydrogens (tertiary/aromatic N) is 2. The minimum absolute atomic E-state index is 0.103. The van der Waals surface area contributed by atoms with E-state index in [4.69, 9.17) is 9.47 Å². The van der Waals surface area contributed by atoms with Crippen molar-refractivity contribution in [2.24, 2.45) is 0 Å². The Morgan fingerprint density at radius 2 is 1.61 bits per heavy atom. The van der Waals surface area contributed by atoms with Gasteiger partial charge in [-0.3, -0.25) is 0 Å². The van der Waals surface area contributed by atoms with E-state index in [-0.39, 0.29) is 5.54 Å². The van der Waals surface area contributed by atoms with Gasteiger partial charge in [0.2, 0.25) is 11.8 Å². The minimum atomic E-state index is 0.103. The first-order chi connectivity index (χ1) is 8.60. The Morgan fingerprint density at radius 3 is 2.00 bits per heavy atom. The predicted octanol–water partition coefficient (Wildman–Crippen LogP) is 2.16. The molecule has 0 atom stereocenters. The van der Waals surface area contributed by atoms with Crippen LogP contribution in [0.3, 0.4) is 0 Å². The lowest BCUT2D eigenvalue weighted by Gasteiger charge is -2.28. The van der Waals surface area contributed by atoms with Crippen LogP contribution in [-0.2, 0) is 6.54 Å². The summed E-state index contributed by atoms with van der Waals surface area (Å²) < 4.78 is 10.5. The van der Waals surface area contributed by atoms with E-state index in [1.165, 1.54) is 6.33 Å². The molecule has 18 heavy (non-hydrogen) atoms. The van der Waals surface area contributed by atoms with E-state index in [0.29, 0.717) is 18.3 Å². The molecule has 0 saturated carbocycles. The fourth-order valence-corrected chi connectivity index (χ4v) is 1.69. The van der Waals surface area contributed by atoms with E-state index in [1.807, 2.05) is 0 Å². The third-order valence-corrected chi connectivity index (χ3v) is 3.51. The van der Waals surface area contributed by atoms with Gasteiger partial charge in [0.05, 0.1) is 19.8 Å². The second-order valence-electron chi connectivity index (χ2n) is 4.49. The smallest absolute Gasteiger partial charge is 0.224 e. The molecule has 0 fully saturated rings. The minimum Gasteiger partial charge on any atom is -0.481 e. The number of hydrogen-bond donors (Lipinski definition) is 1. The highest BCUT2D eigenvalue weighted by atomic mass is 16.5. The van der Waals surface area contributed by atoms with Gasteiger partial charge >= 0.3 is 0 Å². The summed E-state index contributed by atoms with van der Waals surface area (Å²) in [6.45, 7) is 7.18. The Labute approximate surface area is 109 Å². The largest absolute Gasteiger partial charge is 0.481 e. The zero-order valence-corrected chi connectivity index (χ0v) is 11.9. The molecule has 1 rings (SSSR count). The first-order valence-electron chi connectivity index (χ1n) is 6.27. The topological polar surface area (TPSA) is 56.3 Å². The molecule has 0 unspecified atom stereocenters. The molecule has 0 aromatic carbocycles. The summed E-state index contributed by atoms with van der Waals surface area (Å²) >= 11 is 0. The Bertz CT molecular complexity index is 356. The molecule has 0 radical (unpaired) electrons. The van der Waals surface area contributed by atoms with Gasteiger partial charge in [-0.15, -0.1) is 0 Å². The standard InChI is InChI=1S/C13H23N3O2/c1-6-13(3,7-2)16-8-10-11(17-4)14-9-15-12(10)18-5/h9,16H,6-8H2,1-5H3. The number of ether oxygens (including phenoxy) is 2. The molecule has 0 saturated heterocycles. The lowest BCUT2D eigenvalue weighted by Crippen LogP contribution is -2.40. The molecule has 1 aromatic heterocycles. The summed E-state index contributed by atoms with van der Waals surface area (Å²) in [6, 6.07) is 0. The van der Waals surface area contributed by atoms with Gasteiger partial charge in [0.15, 0.2) is 0 Å². The number of methoxy groups -OCH3 is 2. The molecule has 0 aliphatic rings. The fraction of sp³-hybridized carbons (Fsp3) is 0.692. The van der Waals surface area contributed by atoms with Crippen molar-refractivity contribution in [3.05, 3.63) is 11.9 Å². The first kappa shape index (κ1) is 14.7. The Balaban J connectivity index is 2.89. The molecule has 0 aliphatic carbocycles. The highest BCUT2D eigenvalue weighted by Gasteiger charge is 2.21. The average Bonchev–Trinajstić information content (AvgIpc) is 2.44. The molecule has 1 heterocycles. The van der Waals surface area contributed by atoms with E-state index in [9.17, 15) is 0 Å². The number of aromatic nitrogens is 2. The monoisotopic (exact) mass is 253 g/mol. The highest BCUT2D eigenvalue weighted by Crippen LogP contribution is 2.24. The van der Waals surface area contributed by atoms with Gasteiger partial charge in [-0.1, -0.05) is 13.8 Å². The molecule has 0 spiro atoms. The molecule has 1 N–H and O–H groups in total. The number of rotatable bonds is 7. The summed E-state index contributed by atoms with van der Waals surface area (Å²) in [6.07, 6.45) is 3.56. The van der Waals surface area contributed by atoms with Crippen LogP contribution in [0.25, 0.3) is 0 Å². The zero-order chi connectivity index (χ0) is 13.6. The molecule has 1 aromatic rings. The van der Waals surface area contributed by atoms with Crippen LogP contribution in [0, 0.1) is 0 Å². The maximum Gasteiger partial charge on any atom is 0.224 e. The van der Waals surface area contributed by atoms with Gasteiger partial charge in [0.25, 0.3) is 0 Å². The van der Waals surface area contributed by atoms with Crippen LogP contribution in [0.5, 0.6) is 11.8 Å². The van der Waals surface area contributed by atoms with Crippen LogP contribution in [0.1, 0.15) is 39.2 Å². The fourth-order valence-electron chi connectivity index (χ4n) is 1.69. The molecule has 5 heteroatoms. The third-order valence-electron chi connectivity index (χ3n) is 3.51. The normalized spacial score (nSPS) is 11.4. The predicted molar refractivity (Wildman–Crippen MR) is 71.0 cm³/mol. The number of hydrogen-bond acceptors (Lipinski definition) is 5.